The number of hydrogen-bond acceptors (Lipinski definition) is 6. The van der Waals surface area contributed by atoms with Gasteiger partial charge < -0.3 is 10.0 Å². The number of nitrogens with zero attached hydrogens (tertiary/aromatic N) is 4. The van der Waals surface area contributed by atoms with Gasteiger partial charge in [-0.15, -0.1) is 11.3 Å². The summed E-state index contributed by atoms with van der Waals surface area (Å²) < 4.78 is 1.63. The first-order valence-corrected chi connectivity index (χ1v) is 12.4. The normalized spacial score (nSPS) is 11.4. The second-order valence-electron chi connectivity index (χ2n) is 8.56. The molecule has 182 valence electrons. The molecule has 0 saturated carbocycles. The molecule has 0 aliphatic rings. The maximum Gasteiger partial charge on any atom is 0.262 e. The second-order valence-corrected chi connectivity index (χ2v) is 9.87. The summed E-state index contributed by atoms with van der Waals surface area (Å²) in [7, 11) is 3.92. The molecule has 4 aromatic rings. The summed E-state index contributed by atoms with van der Waals surface area (Å²) >= 11 is 7.43. The van der Waals surface area contributed by atoms with Crippen LogP contribution < -0.4 is 4.90 Å². The van der Waals surface area contributed by atoms with Gasteiger partial charge in [-0.2, -0.15) is 0 Å². The second kappa shape index (κ2) is 10.7. The van der Waals surface area contributed by atoms with E-state index in [1.165, 1.54) is 11.3 Å². The van der Waals surface area contributed by atoms with Crippen LogP contribution >= 0.6 is 22.9 Å². The van der Waals surface area contributed by atoms with E-state index in [2.05, 4.69) is 4.98 Å². The highest BCUT2D eigenvalue weighted by Gasteiger charge is 2.25. The number of likely N-dealkylation sites (N-methyl/N-ethyl adjacent to an activating group) is 1. The van der Waals surface area contributed by atoms with E-state index in [1.54, 1.807) is 46.0 Å². The Hall–Kier alpha value is -3.04. The van der Waals surface area contributed by atoms with Crippen molar-refractivity contribution in [3.05, 3.63) is 81.4 Å². The van der Waals surface area contributed by atoms with Crippen molar-refractivity contribution >= 4 is 50.8 Å². The first-order valence-electron chi connectivity index (χ1n) is 11.2. The summed E-state index contributed by atoms with van der Waals surface area (Å²) in [6.07, 6.45) is 1.79. The van der Waals surface area contributed by atoms with Gasteiger partial charge in [0.15, 0.2) is 5.13 Å². The summed E-state index contributed by atoms with van der Waals surface area (Å²) in [5, 5.41) is 13.5. The third-order valence-electron chi connectivity index (χ3n) is 5.93. The maximum absolute atomic E-state index is 13.6. The molecule has 1 amide bonds. The van der Waals surface area contributed by atoms with Crippen molar-refractivity contribution in [3.63, 3.8) is 0 Å². The summed E-state index contributed by atoms with van der Waals surface area (Å²) in [6.45, 7) is 2.91. The predicted molar refractivity (Wildman–Crippen MR) is 141 cm³/mol. The topological polar surface area (TPSA) is 78.7 Å². The molecule has 0 aliphatic heterocycles. The average molecular weight is 511 g/mol. The van der Waals surface area contributed by atoms with Gasteiger partial charge in [-0.25, -0.2) is 4.98 Å². The van der Waals surface area contributed by atoms with E-state index in [1.807, 2.05) is 43.4 Å². The quantitative estimate of drug-likeness (QED) is 0.380. The number of aromatic nitrogens is 2. The average Bonchev–Trinajstić information content (AvgIpc) is 3.46. The molecule has 0 spiro atoms. The Balaban J connectivity index is 1.77. The smallest absolute Gasteiger partial charge is 0.262 e. The van der Waals surface area contributed by atoms with Crippen LogP contribution in [0.15, 0.2) is 54.0 Å². The zero-order valence-corrected chi connectivity index (χ0v) is 21.4. The van der Waals surface area contributed by atoms with Crippen LogP contribution in [0.1, 0.15) is 27.2 Å². The molecule has 2 aromatic carbocycles. The predicted octanol–water partition coefficient (Wildman–Crippen LogP) is 4.38. The van der Waals surface area contributed by atoms with Gasteiger partial charge in [0.05, 0.1) is 18.5 Å². The summed E-state index contributed by atoms with van der Waals surface area (Å²) in [6, 6.07) is 12.2. The highest BCUT2D eigenvalue weighted by Crippen LogP contribution is 2.30. The third-order valence-corrected chi connectivity index (χ3v) is 6.97. The van der Waals surface area contributed by atoms with Gasteiger partial charge in [0.2, 0.25) is 5.91 Å². The van der Waals surface area contributed by atoms with Crippen molar-refractivity contribution in [2.75, 3.05) is 32.1 Å². The third kappa shape index (κ3) is 5.31. The highest BCUT2D eigenvalue weighted by molar-refractivity contribution is 7.13. The molecule has 7 nitrogen and oxygen atoms in total. The number of halogens is 1. The van der Waals surface area contributed by atoms with Crippen LogP contribution in [0.4, 0.5) is 5.13 Å². The lowest BCUT2D eigenvalue weighted by molar-refractivity contribution is -0.118. The van der Waals surface area contributed by atoms with Crippen molar-refractivity contribution in [1.82, 2.24) is 14.5 Å². The van der Waals surface area contributed by atoms with E-state index >= 15 is 0 Å². The van der Waals surface area contributed by atoms with Crippen molar-refractivity contribution in [2.24, 2.45) is 0 Å². The number of carbonyl (C=O) groups excluding carboxylic acids is 2. The Kier molecular flexibility index (Phi) is 7.66. The highest BCUT2D eigenvalue weighted by atomic mass is 35.5. The number of hydrogen-bond donors (Lipinski definition) is 1. The minimum Gasteiger partial charge on any atom is -0.392 e. The molecule has 0 atom stereocenters. The fraction of sp³-hybridized carbons (Fsp3) is 0.269. The SMILES string of the molecule is Cc1c(CC(=O)N(CCN(C)C)c2nccs2)c2cc(CO)ccc2n1C(=O)c1ccc(Cl)cc1. The lowest BCUT2D eigenvalue weighted by atomic mass is 10.0. The minimum atomic E-state index is -0.205. The van der Waals surface area contributed by atoms with Crippen LogP contribution in [0, 0.1) is 6.92 Å². The van der Waals surface area contributed by atoms with Crippen LogP contribution in [-0.4, -0.2) is 58.6 Å². The molecule has 0 aliphatic carbocycles. The Bertz CT molecular complexity index is 1350. The number of aliphatic hydroxyl groups is 1. The molecule has 35 heavy (non-hydrogen) atoms. The number of amides is 1. The van der Waals surface area contributed by atoms with E-state index in [0.29, 0.717) is 45.6 Å². The molecule has 0 fully saturated rings. The van der Waals surface area contributed by atoms with Gasteiger partial charge in [-0.05, 0) is 68.5 Å². The molecular formula is C26H27ClN4O3S. The van der Waals surface area contributed by atoms with Crippen LogP contribution in [0.5, 0.6) is 0 Å². The van der Waals surface area contributed by atoms with Crippen molar-refractivity contribution in [3.8, 4) is 0 Å². The molecule has 1 N–H and O–H groups in total. The van der Waals surface area contributed by atoms with Gasteiger partial charge in [0, 0.05) is 46.3 Å². The summed E-state index contributed by atoms with van der Waals surface area (Å²) in [4.78, 5) is 35.1. The number of rotatable bonds is 8. The largest absolute Gasteiger partial charge is 0.392 e. The van der Waals surface area contributed by atoms with Crippen LogP contribution in [0.25, 0.3) is 10.9 Å². The van der Waals surface area contributed by atoms with Gasteiger partial charge in [0.1, 0.15) is 0 Å². The fourth-order valence-electron chi connectivity index (χ4n) is 4.06. The fourth-order valence-corrected chi connectivity index (χ4v) is 4.87. The van der Waals surface area contributed by atoms with Crippen molar-refractivity contribution in [2.45, 2.75) is 20.0 Å². The number of carbonyl (C=O) groups is 2. The van der Waals surface area contributed by atoms with Gasteiger partial charge in [-0.3, -0.25) is 19.1 Å². The molecule has 0 unspecified atom stereocenters. The van der Waals surface area contributed by atoms with E-state index in [4.69, 9.17) is 11.6 Å². The molecular weight excluding hydrogens is 484 g/mol. The van der Waals surface area contributed by atoms with E-state index in [9.17, 15) is 14.7 Å². The lowest BCUT2D eigenvalue weighted by Crippen LogP contribution is -2.37. The zero-order chi connectivity index (χ0) is 25.1. The van der Waals surface area contributed by atoms with Gasteiger partial charge in [0.25, 0.3) is 5.91 Å². The van der Waals surface area contributed by atoms with Crippen LogP contribution in [0.3, 0.4) is 0 Å². The molecule has 2 heterocycles. The number of anilines is 1. The molecule has 4 rings (SSSR count). The van der Waals surface area contributed by atoms with E-state index < -0.39 is 0 Å². The first-order chi connectivity index (χ1) is 16.8. The number of thiazole rings is 1. The van der Waals surface area contributed by atoms with Crippen LogP contribution in [-0.2, 0) is 17.8 Å². The van der Waals surface area contributed by atoms with Gasteiger partial charge >= 0.3 is 0 Å². The first kappa shape index (κ1) is 25.1. The molecule has 0 saturated heterocycles. The number of aliphatic hydroxyl groups excluding tert-OH is 1. The lowest BCUT2D eigenvalue weighted by Gasteiger charge is -2.22. The summed E-state index contributed by atoms with van der Waals surface area (Å²) in [5.74, 6) is -0.304. The number of fused-ring (bicyclic) bond motifs is 1. The Labute approximate surface area is 213 Å². The van der Waals surface area contributed by atoms with Crippen molar-refractivity contribution in [1.29, 1.82) is 0 Å². The van der Waals surface area contributed by atoms with Crippen LogP contribution in [0.2, 0.25) is 5.02 Å². The van der Waals surface area contributed by atoms with E-state index in [0.717, 1.165) is 10.9 Å². The van der Waals surface area contributed by atoms with Crippen molar-refractivity contribution < 1.29 is 14.7 Å². The summed E-state index contributed by atoms with van der Waals surface area (Å²) in [5.41, 5.74) is 3.35. The monoisotopic (exact) mass is 510 g/mol. The molecule has 0 bridgehead atoms. The van der Waals surface area contributed by atoms with Gasteiger partial charge in [-0.1, -0.05) is 17.7 Å². The minimum absolute atomic E-state index is 0.0997. The van der Waals surface area contributed by atoms with E-state index in [-0.39, 0.29) is 24.8 Å². The molecule has 9 heteroatoms. The zero-order valence-electron chi connectivity index (χ0n) is 19.9. The molecule has 2 aromatic heterocycles. The Morgan fingerprint density at radius 2 is 1.86 bits per heavy atom. The molecule has 0 radical (unpaired) electrons. The Morgan fingerprint density at radius 3 is 2.49 bits per heavy atom. The number of benzene rings is 2. The standard InChI is InChI=1S/C26H27ClN4O3S/c1-17-21(15-24(33)30(12-11-29(2)3)26-28-10-13-35-26)22-14-18(16-32)4-9-23(22)31(17)25(34)19-5-7-20(27)8-6-19/h4-10,13-14,32H,11-12,15-16H2,1-3H3. The maximum atomic E-state index is 13.6. The Morgan fingerprint density at radius 1 is 1.11 bits per heavy atom.